The molecule has 0 saturated carbocycles. The topological polar surface area (TPSA) is 75.2 Å². The summed E-state index contributed by atoms with van der Waals surface area (Å²) in [5.41, 5.74) is 12.6. The average Bonchev–Trinajstić information content (AvgIpc) is 4.00. The van der Waals surface area contributed by atoms with Crippen LogP contribution in [0.3, 0.4) is 0 Å². The maximum atomic E-state index is 18.0. The van der Waals surface area contributed by atoms with Crippen molar-refractivity contribution in [2.75, 3.05) is 41.4 Å². The molecule has 10 nitrogen and oxygen atoms in total. The molecule has 1 aromatic heterocycles. The Kier molecular flexibility index (Phi) is 10.6. The van der Waals surface area contributed by atoms with E-state index in [1.165, 1.54) is 0 Å². The zero-order valence-corrected chi connectivity index (χ0v) is 42.5. The van der Waals surface area contributed by atoms with Crippen LogP contribution in [0.15, 0.2) is 255 Å². The van der Waals surface area contributed by atoms with E-state index < -0.39 is 22.6 Å². The van der Waals surface area contributed by atoms with Gasteiger partial charge in [-0.15, -0.1) is 0 Å². The third-order valence-corrected chi connectivity index (χ3v) is 24.5. The van der Waals surface area contributed by atoms with Gasteiger partial charge < -0.3 is 0 Å². The summed E-state index contributed by atoms with van der Waals surface area (Å²) in [6, 6.07) is 87.7. The van der Waals surface area contributed by atoms with Gasteiger partial charge >= 0.3 is 423 Å². The summed E-state index contributed by atoms with van der Waals surface area (Å²) in [7, 11) is -11.3. The van der Waals surface area contributed by atoms with Gasteiger partial charge in [-0.2, -0.15) is 0 Å². The van der Waals surface area contributed by atoms with Crippen molar-refractivity contribution < 1.29 is 4.57 Å². The number of aromatic nitrogens is 3. The minimum absolute atomic E-state index is 0.197. The first-order chi connectivity index (χ1) is 35.4. The van der Waals surface area contributed by atoms with Crippen molar-refractivity contribution in [3.8, 4) is 0 Å². The van der Waals surface area contributed by atoms with Crippen LogP contribution in [0.25, 0.3) is 0 Å². The van der Waals surface area contributed by atoms with Crippen molar-refractivity contribution in [2.45, 2.75) is 0 Å². The summed E-state index contributed by atoms with van der Waals surface area (Å²) in [5.74, 6) is 0. The van der Waals surface area contributed by atoms with Crippen LogP contribution < -0.4 is 44.7 Å². The Morgan fingerprint density at radius 2 is 0.514 bits per heavy atom. The summed E-state index contributed by atoms with van der Waals surface area (Å²) in [4.78, 5) is 17.7. The van der Waals surface area contributed by atoms with Gasteiger partial charge in [0.2, 0.25) is 0 Å². The predicted octanol–water partition coefficient (Wildman–Crippen LogP) is 14.3. The van der Waals surface area contributed by atoms with Gasteiger partial charge in [0.05, 0.1) is 0 Å². The van der Waals surface area contributed by atoms with Crippen molar-refractivity contribution in [3.63, 3.8) is 0 Å². The van der Waals surface area contributed by atoms with E-state index in [1.807, 2.05) is 82.1 Å². The fourth-order valence-corrected chi connectivity index (χ4v) is 21.9. The molecule has 0 fully saturated rings. The van der Waals surface area contributed by atoms with Crippen LogP contribution in [0.1, 0.15) is 0 Å². The normalized spacial score (nSPS) is 16.8. The first-order valence-electron chi connectivity index (χ1n) is 24.2. The van der Waals surface area contributed by atoms with Gasteiger partial charge in [0.25, 0.3) is 0 Å². The monoisotopic (exact) mass is 993 g/mol. The first-order valence-corrected chi connectivity index (χ1v) is 30.6. The van der Waals surface area contributed by atoms with E-state index in [0.29, 0.717) is 11.1 Å². The molecule has 0 unspecified atom stereocenters. The standard InChI is InChI=1S/C59H50N9OP3/c1-70(63(45-27-9-3-10-28-45)51-39-21-22-40-52(51)64(70)46-29-11-4-12-30-46)57-60-58(71(2)65(47-31-13-5-14-32-47)53-41-23-24-42-54(53)66(71)48-33-15-6-16-34-48)62-59(61-57)72(69)67(49-35-17-7-18-36-49)55-43-25-26-44-56(55)68(72)50-37-19-8-20-38-50/h3-44,70-71H,1-2H3. The number of hydrogen-bond donors (Lipinski definition) is 0. The van der Waals surface area contributed by atoms with Crippen molar-refractivity contribution in [3.05, 3.63) is 255 Å². The molecule has 0 saturated heterocycles. The van der Waals surface area contributed by atoms with Gasteiger partial charge in [-0.1, -0.05) is 0 Å². The summed E-state index contributed by atoms with van der Waals surface area (Å²) in [6.07, 6.45) is 0. The zero-order chi connectivity index (χ0) is 48.4. The molecule has 0 amide bonds. The van der Waals surface area contributed by atoms with Crippen LogP contribution in [0.5, 0.6) is 0 Å². The maximum absolute atomic E-state index is 18.0. The van der Waals surface area contributed by atoms with Crippen molar-refractivity contribution in [2.24, 2.45) is 0 Å². The Hall–Kier alpha value is -8.12. The second-order valence-corrected chi connectivity index (χ2v) is 27.4. The number of anilines is 12. The number of fused-ring (bicyclic) bond motifs is 3. The molecule has 9 aromatic carbocycles. The molecule has 10 aromatic rings. The summed E-state index contributed by atoms with van der Waals surface area (Å²) in [5, 5.41) is 0. The number of hydrogen-bond acceptors (Lipinski definition) is 8. The third-order valence-electron chi connectivity index (χ3n) is 14.1. The second kappa shape index (κ2) is 17.3. The van der Waals surface area contributed by atoms with E-state index in [0.717, 1.165) is 68.2 Å². The van der Waals surface area contributed by atoms with E-state index in [4.69, 9.17) is 15.0 Å². The van der Waals surface area contributed by atoms with Crippen molar-refractivity contribution in [1.29, 1.82) is 0 Å². The van der Waals surface area contributed by atoms with Crippen molar-refractivity contribution >= 4 is 108 Å². The molecule has 0 radical (unpaired) electrons. The van der Waals surface area contributed by atoms with E-state index in [2.05, 4.69) is 214 Å². The van der Waals surface area contributed by atoms with E-state index in [-0.39, 0.29) is 5.57 Å². The second-order valence-electron chi connectivity index (χ2n) is 18.3. The number of rotatable bonds is 9. The Morgan fingerprint density at radius 3 is 0.778 bits per heavy atom. The van der Waals surface area contributed by atoms with E-state index in [9.17, 15) is 0 Å². The molecular formula is C59H50N9OP3. The summed E-state index contributed by atoms with van der Waals surface area (Å²) >= 11 is 0. The molecule has 4 heterocycles. The zero-order valence-electron chi connectivity index (χ0n) is 39.6. The average molecular weight is 994 g/mol. The van der Waals surface area contributed by atoms with E-state index >= 15 is 4.57 Å². The third kappa shape index (κ3) is 6.57. The Labute approximate surface area is 421 Å². The van der Waals surface area contributed by atoms with Crippen LogP contribution in [0.2, 0.25) is 0 Å². The van der Waals surface area contributed by atoms with Gasteiger partial charge in [0.15, 0.2) is 0 Å². The molecular weight excluding hydrogens is 944 g/mol. The molecule has 352 valence electrons. The first kappa shape index (κ1) is 43.9. The molecule has 0 spiro atoms. The number of benzene rings is 9. The van der Waals surface area contributed by atoms with Crippen molar-refractivity contribution in [1.82, 2.24) is 15.0 Å². The van der Waals surface area contributed by atoms with Crippen LogP contribution >= 0.6 is 22.6 Å². The molecule has 0 atom stereocenters. The fraction of sp³-hybridized carbons (Fsp3) is 0.0339. The van der Waals surface area contributed by atoms with Crippen LogP contribution in [0.4, 0.5) is 68.2 Å². The van der Waals surface area contributed by atoms with Gasteiger partial charge in [-0.25, -0.2) is 0 Å². The van der Waals surface area contributed by atoms with Gasteiger partial charge in [-0.05, 0) is 0 Å². The summed E-state index contributed by atoms with van der Waals surface area (Å²) < 4.78 is 31.9. The van der Waals surface area contributed by atoms with Crippen LogP contribution in [0, 0.1) is 0 Å². The van der Waals surface area contributed by atoms with Crippen LogP contribution in [-0.2, 0) is 4.57 Å². The van der Waals surface area contributed by atoms with Crippen LogP contribution in [-0.4, -0.2) is 28.3 Å². The Bertz CT molecular complexity index is 3290. The fourth-order valence-electron chi connectivity index (χ4n) is 11.1. The molecule has 3 aliphatic heterocycles. The van der Waals surface area contributed by atoms with Gasteiger partial charge in [0, 0.05) is 0 Å². The number of nitrogens with zero attached hydrogens (tertiary/aromatic N) is 9. The molecule has 3 aliphatic rings. The SMILES string of the molecule is C[PH]1(c2nc(P3(=O)N(c4ccccc4)c4ccccc4N3c3ccccc3)nc([PH]3(C)N(c4ccccc4)c4ccccc4N3c3ccccc3)n2)N(c2ccccc2)c2ccccc2N1c1ccccc1. The molecule has 13 rings (SSSR count). The van der Waals surface area contributed by atoms with Gasteiger partial charge in [-0.3, -0.25) is 0 Å². The predicted molar refractivity (Wildman–Crippen MR) is 306 cm³/mol. The molecule has 13 heteroatoms. The number of para-hydroxylation sites is 12. The molecule has 0 N–H and O–H groups in total. The Balaban J connectivity index is 1.18. The quantitative estimate of drug-likeness (QED) is 0.131. The Morgan fingerprint density at radius 1 is 0.292 bits per heavy atom. The summed E-state index contributed by atoms with van der Waals surface area (Å²) in [6.45, 7) is 4.66. The molecule has 0 aliphatic carbocycles. The minimum atomic E-state index is -4.20. The van der Waals surface area contributed by atoms with E-state index in [1.54, 1.807) is 0 Å². The molecule has 0 bridgehead atoms. The molecule has 72 heavy (non-hydrogen) atoms. The van der Waals surface area contributed by atoms with Gasteiger partial charge in [0.1, 0.15) is 0 Å².